The summed E-state index contributed by atoms with van der Waals surface area (Å²) in [5.74, 6) is 2.12. The van der Waals surface area contributed by atoms with E-state index in [1.54, 1.807) is 0 Å². The van der Waals surface area contributed by atoms with E-state index < -0.39 is 0 Å². The summed E-state index contributed by atoms with van der Waals surface area (Å²) in [5, 5.41) is 12.5. The van der Waals surface area contributed by atoms with E-state index in [0.717, 1.165) is 30.0 Å². The molecule has 4 heteroatoms. The smallest absolute Gasteiger partial charge is 0.161 e. The number of nitrogens with one attached hydrogen (secondary N) is 1. The first-order valence-corrected chi connectivity index (χ1v) is 6.73. The van der Waals surface area contributed by atoms with E-state index in [0.29, 0.717) is 19.1 Å². The quantitative estimate of drug-likeness (QED) is 0.884. The number of hydrogen-bond donors (Lipinski definition) is 1. The molecule has 1 aromatic carbocycles. The highest BCUT2D eigenvalue weighted by molar-refractivity contribution is 5.45. The van der Waals surface area contributed by atoms with E-state index in [1.807, 2.05) is 18.2 Å². The molecule has 0 aromatic heterocycles. The van der Waals surface area contributed by atoms with Crippen molar-refractivity contribution in [3.05, 3.63) is 23.8 Å². The average Bonchev–Trinajstić information content (AvgIpc) is 2.43. The zero-order valence-corrected chi connectivity index (χ0v) is 11.5. The summed E-state index contributed by atoms with van der Waals surface area (Å²) in [7, 11) is 0. The molecule has 1 aromatic rings. The maximum atomic E-state index is 9.26. The van der Waals surface area contributed by atoms with Gasteiger partial charge in [0.25, 0.3) is 0 Å². The molecule has 1 aliphatic rings. The Balaban J connectivity index is 2.04. The number of nitrogens with zero attached hydrogens (tertiary/aromatic N) is 1. The van der Waals surface area contributed by atoms with E-state index in [2.05, 4.69) is 25.2 Å². The van der Waals surface area contributed by atoms with Crippen LogP contribution < -0.4 is 14.8 Å². The van der Waals surface area contributed by atoms with E-state index in [4.69, 9.17) is 9.47 Å². The molecule has 1 heterocycles. The fourth-order valence-corrected chi connectivity index (χ4v) is 1.99. The third kappa shape index (κ3) is 3.62. The summed E-state index contributed by atoms with van der Waals surface area (Å²) < 4.78 is 11.0. The number of rotatable bonds is 5. The standard InChI is InChI=1S/C15H20N2O2/c1-11(2)5-6-17-13(10-16)12-3-4-14-15(9-12)19-8-7-18-14/h3-4,9,11,13,17H,5-8H2,1-2H3. The van der Waals surface area contributed by atoms with Crippen LogP contribution in [0.25, 0.3) is 0 Å². The predicted molar refractivity (Wildman–Crippen MR) is 73.2 cm³/mol. The van der Waals surface area contributed by atoms with Crippen LogP contribution in [0, 0.1) is 17.2 Å². The SMILES string of the molecule is CC(C)CCNC(C#N)c1ccc2c(c1)OCCO2. The van der Waals surface area contributed by atoms with Gasteiger partial charge in [0.1, 0.15) is 19.3 Å². The molecule has 0 spiro atoms. The molecule has 4 nitrogen and oxygen atoms in total. The zero-order valence-electron chi connectivity index (χ0n) is 11.5. The number of hydrogen-bond acceptors (Lipinski definition) is 4. The highest BCUT2D eigenvalue weighted by atomic mass is 16.6. The minimum atomic E-state index is -0.297. The van der Waals surface area contributed by atoms with E-state index in [-0.39, 0.29) is 6.04 Å². The first-order valence-electron chi connectivity index (χ1n) is 6.73. The highest BCUT2D eigenvalue weighted by Crippen LogP contribution is 2.32. The largest absolute Gasteiger partial charge is 0.486 e. The van der Waals surface area contributed by atoms with Gasteiger partial charge in [-0.2, -0.15) is 5.26 Å². The lowest BCUT2D eigenvalue weighted by Gasteiger charge is -2.20. The van der Waals surface area contributed by atoms with Crippen molar-refractivity contribution in [3.8, 4) is 17.6 Å². The van der Waals surface area contributed by atoms with Crippen LogP contribution in [0.1, 0.15) is 31.9 Å². The molecular weight excluding hydrogens is 240 g/mol. The van der Waals surface area contributed by atoms with Crippen molar-refractivity contribution in [1.82, 2.24) is 5.32 Å². The lowest BCUT2D eigenvalue weighted by atomic mass is 10.1. The van der Waals surface area contributed by atoms with Gasteiger partial charge >= 0.3 is 0 Å². The molecule has 0 amide bonds. The molecule has 2 rings (SSSR count). The fraction of sp³-hybridized carbons (Fsp3) is 0.533. The van der Waals surface area contributed by atoms with Gasteiger partial charge in [0.2, 0.25) is 0 Å². The van der Waals surface area contributed by atoms with Gasteiger partial charge in [-0.05, 0) is 36.6 Å². The normalized spacial score (nSPS) is 15.1. The first kappa shape index (κ1) is 13.7. The van der Waals surface area contributed by atoms with Gasteiger partial charge in [-0.15, -0.1) is 0 Å². The highest BCUT2D eigenvalue weighted by Gasteiger charge is 2.16. The second kappa shape index (κ2) is 6.44. The van der Waals surface area contributed by atoms with Crippen molar-refractivity contribution in [1.29, 1.82) is 5.26 Å². The van der Waals surface area contributed by atoms with Gasteiger partial charge in [-0.3, -0.25) is 5.32 Å². The number of benzene rings is 1. The molecule has 1 aliphatic heterocycles. The van der Waals surface area contributed by atoms with Crippen LogP contribution >= 0.6 is 0 Å². The Bertz CT molecular complexity index is 466. The lowest BCUT2D eigenvalue weighted by Crippen LogP contribution is -2.22. The summed E-state index contributed by atoms with van der Waals surface area (Å²) >= 11 is 0. The van der Waals surface area contributed by atoms with Crippen LogP contribution in [-0.2, 0) is 0 Å². The second-order valence-corrected chi connectivity index (χ2v) is 5.10. The van der Waals surface area contributed by atoms with E-state index in [9.17, 15) is 5.26 Å². The monoisotopic (exact) mass is 260 g/mol. The maximum Gasteiger partial charge on any atom is 0.161 e. The topological polar surface area (TPSA) is 54.3 Å². The molecule has 0 radical (unpaired) electrons. The fourth-order valence-electron chi connectivity index (χ4n) is 1.99. The van der Waals surface area contributed by atoms with Crippen molar-refractivity contribution in [2.45, 2.75) is 26.3 Å². The molecule has 1 unspecified atom stereocenters. The summed E-state index contributed by atoms with van der Waals surface area (Å²) in [6.45, 7) is 6.33. The van der Waals surface area contributed by atoms with Crippen LogP contribution in [0.5, 0.6) is 11.5 Å². The van der Waals surface area contributed by atoms with Gasteiger partial charge in [-0.25, -0.2) is 0 Å². The Morgan fingerprint density at radius 3 is 2.68 bits per heavy atom. The molecule has 0 bridgehead atoms. The molecule has 19 heavy (non-hydrogen) atoms. The van der Waals surface area contributed by atoms with E-state index >= 15 is 0 Å². The Labute approximate surface area is 114 Å². The molecule has 0 saturated heterocycles. The number of nitriles is 1. The van der Waals surface area contributed by atoms with Crippen molar-refractivity contribution in [2.24, 2.45) is 5.92 Å². The van der Waals surface area contributed by atoms with Crippen LogP contribution in [0.3, 0.4) is 0 Å². The van der Waals surface area contributed by atoms with Gasteiger partial charge in [0, 0.05) is 0 Å². The minimum absolute atomic E-state index is 0.297. The van der Waals surface area contributed by atoms with Crippen LogP contribution in [-0.4, -0.2) is 19.8 Å². The number of fused-ring (bicyclic) bond motifs is 1. The average molecular weight is 260 g/mol. The molecule has 102 valence electrons. The van der Waals surface area contributed by atoms with Crippen molar-refractivity contribution < 1.29 is 9.47 Å². The van der Waals surface area contributed by atoms with Crippen molar-refractivity contribution in [3.63, 3.8) is 0 Å². The molecular formula is C15H20N2O2. The van der Waals surface area contributed by atoms with Crippen LogP contribution in [0.15, 0.2) is 18.2 Å². The zero-order chi connectivity index (χ0) is 13.7. The molecule has 1 atom stereocenters. The van der Waals surface area contributed by atoms with Crippen molar-refractivity contribution in [2.75, 3.05) is 19.8 Å². The Morgan fingerprint density at radius 1 is 1.26 bits per heavy atom. The summed E-state index contributed by atoms with van der Waals surface area (Å²) in [5.41, 5.74) is 0.926. The van der Waals surface area contributed by atoms with Crippen LogP contribution in [0.4, 0.5) is 0 Å². The summed E-state index contributed by atoms with van der Waals surface area (Å²) in [4.78, 5) is 0. The Kier molecular flexibility index (Phi) is 4.64. The Hall–Kier alpha value is -1.73. The van der Waals surface area contributed by atoms with E-state index in [1.165, 1.54) is 0 Å². The first-order chi connectivity index (χ1) is 9.20. The lowest BCUT2D eigenvalue weighted by molar-refractivity contribution is 0.171. The molecule has 1 N–H and O–H groups in total. The molecule has 0 fully saturated rings. The summed E-state index contributed by atoms with van der Waals surface area (Å²) in [6.07, 6.45) is 1.06. The third-order valence-electron chi connectivity index (χ3n) is 3.10. The number of ether oxygens (including phenoxy) is 2. The third-order valence-corrected chi connectivity index (χ3v) is 3.10. The van der Waals surface area contributed by atoms with Crippen molar-refractivity contribution >= 4 is 0 Å². The molecule has 0 saturated carbocycles. The van der Waals surface area contributed by atoms with Gasteiger partial charge in [0.05, 0.1) is 6.07 Å². The second-order valence-electron chi connectivity index (χ2n) is 5.10. The molecule has 0 aliphatic carbocycles. The van der Waals surface area contributed by atoms with Gasteiger partial charge in [-0.1, -0.05) is 19.9 Å². The van der Waals surface area contributed by atoms with Gasteiger partial charge < -0.3 is 9.47 Å². The maximum absolute atomic E-state index is 9.26. The summed E-state index contributed by atoms with van der Waals surface area (Å²) in [6, 6.07) is 7.68. The predicted octanol–water partition coefficient (Wildman–Crippen LogP) is 2.66. The van der Waals surface area contributed by atoms with Gasteiger partial charge in [0.15, 0.2) is 11.5 Å². The van der Waals surface area contributed by atoms with Crippen LogP contribution in [0.2, 0.25) is 0 Å². The minimum Gasteiger partial charge on any atom is -0.486 e. The Morgan fingerprint density at radius 2 is 2.00 bits per heavy atom.